The molecule has 1 aromatic rings. The highest BCUT2D eigenvalue weighted by atomic mass is 32.1. The van der Waals surface area contributed by atoms with Gasteiger partial charge in [0.25, 0.3) is 0 Å². The van der Waals surface area contributed by atoms with E-state index in [1.54, 1.807) is 0 Å². The standard InChI is InChI=1S/C16H24N2OS/c1-12-4-3-5-13(2)18(12)10-11-19-15-8-6-14(7-9-15)16(17)20/h6-9,12-13H,3-5,10-11H2,1-2H3,(H2,17,20). The summed E-state index contributed by atoms with van der Waals surface area (Å²) in [5.41, 5.74) is 6.46. The molecule has 1 aliphatic rings. The highest BCUT2D eigenvalue weighted by molar-refractivity contribution is 7.80. The fraction of sp³-hybridized carbons (Fsp3) is 0.562. The molecule has 2 N–H and O–H groups in total. The SMILES string of the molecule is CC1CCCC(C)N1CCOc1ccc(C(N)=S)cc1. The van der Waals surface area contributed by atoms with Crippen molar-refractivity contribution in [2.75, 3.05) is 13.2 Å². The molecular formula is C16H24N2OS. The summed E-state index contributed by atoms with van der Waals surface area (Å²) >= 11 is 4.93. The molecule has 0 aromatic heterocycles. The fourth-order valence-corrected chi connectivity index (χ4v) is 3.04. The molecule has 0 spiro atoms. The zero-order chi connectivity index (χ0) is 14.5. The van der Waals surface area contributed by atoms with Crippen LogP contribution in [0, 0.1) is 0 Å². The van der Waals surface area contributed by atoms with Crippen LogP contribution in [0.2, 0.25) is 0 Å². The molecule has 0 amide bonds. The van der Waals surface area contributed by atoms with E-state index in [0.29, 0.717) is 17.1 Å². The van der Waals surface area contributed by atoms with E-state index >= 15 is 0 Å². The molecule has 1 fully saturated rings. The van der Waals surface area contributed by atoms with E-state index in [-0.39, 0.29) is 0 Å². The van der Waals surface area contributed by atoms with Crippen molar-refractivity contribution in [2.45, 2.75) is 45.2 Å². The maximum Gasteiger partial charge on any atom is 0.119 e. The molecule has 20 heavy (non-hydrogen) atoms. The minimum Gasteiger partial charge on any atom is -0.492 e. The second-order valence-corrected chi connectivity index (χ2v) is 6.04. The Morgan fingerprint density at radius 1 is 1.25 bits per heavy atom. The van der Waals surface area contributed by atoms with Crippen molar-refractivity contribution in [1.82, 2.24) is 4.90 Å². The molecule has 1 aliphatic heterocycles. The van der Waals surface area contributed by atoms with E-state index in [2.05, 4.69) is 18.7 Å². The minimum absolute atomic E-state index is 0.424. The Kier molecular flexibility index (Phi) is 5.38. The molecule has 1 aromatic carbocycles. The average molecular weight is 292 g/mol. The number of rotatable bonds is 5. The summed E-state index contributed by atoms with van der Waals surface area (Å²) in [7, 11) is 0. The zero-order valence-electron chi connectivity index (χ0n) is 12.3. The van der Waals surface area contributed by atoms with Crippen molar-refractivity contribution >= 4 is 17.2 Å². The van der Waals surface area contributed by atoms with Crippen LogP contribution in [0.3, 0.4) is 0 Å². The molecule has 1 saturated heterocycles. The Bertz CT molecular complexity index is 436. The third kappa shape index (κ3) is 3.93. The third-order valence-corrected chi connectivity index (χ3v) is 4.37. The van der Waals surface area contributed by atoms with Gasteiger partial charge in [-0.1, -0.05) is 18.6 Å². The number of piperidine rings is 1. The quantitative estimate of drug-likeness (QED) is 0.847. The van der Waals surface area contributed by atoms with Crippen LogP contribution in [0.1, 0.15) is 38.7 Å². The number of hydrogen-bond acceptors (Lipinski definition) is 3. The van der Waals surface area contributed by atoms with Crippen LogP contribution in [0.4, 0.5) is 0 Å². The number of nitrogens with two attached hydrogens (primary N) is 1. The van der Waals surface area contributed by atoms with Gasteiger partial charge >= 0.3 is 0 Å². The predicted molar refractivity (Wildman–Crippen MR) is 87.3 cm³/mol. The van der Waals surface area contributed by atoms with E-state index in [9.17, 15) is 0 Å². The fourth-order valence-electron chi connectivity index (χ4n) is 2.90. The van der Waals surface area contributed by atoms with Crippen molar-refractivity contribution in [2.24, 2.45) is 5.73 Å². The molecular weight excluding hydrogens is 268 g/mol. The lowest BCUT2D eigenvalue weighted by Gasteiger charge is -2.38. The van der Waals surface area contributed by atoms with Gasteiger partial charge in [0.05, 0.1) is 0 Å². The Morgan fingerprint density at radius 3 is 2.40 bits per heavy atom. The van der Waals surface area contributed by atoms with Gasteiger partial charge in [0.15, 0.2) is 0 Å². The molecule has 0 radical (unpaired) electrons. The summed E-state index contributed by atoms with van der Waals surface area (Å²) in [6, 6.07) is 9.00. The van der Waals surface area contributed by atoms with E-state index in [4.69, 9.17) is 22.7 Å². The van der Waals surface area contributed by atoms with Gasteiger partial charge in [-0.2, -0.15) is 0 Å². The summed E-state index contributed by atoms with van der Waals surface area (Å²) < 4.78 is 5.81. The number of thiocarbonyl (C=S) groups is 1. The maximum absolute atomic E-state index is 5.81. The Hall–Kier alpha value is -1.13. The molecule has 0 aliphatic carbocycles. The topological polar surface area (TPSA) is 38.5 Å². The first-order valence-electron chi connectivity index (χ1n) is 7.36. The van der Waals surface area contributed by atoms with Gasteiger partial charge in [-0.05, 0) is 51.0 Å². The van der Waals surface area contributed by atoms with Crippen molar-refractivity contribution in [1.29, 1.82) is 0 Å². The van der Waals surface area contributed by atoms with Gasteiger partial charge in [0.2, 0.25) is 0 Å². The van der Waals surface area contributed by atoms with E-state index < -0.39 is 0 Å². The molecule has 4 heteroatoms. The van der Waals surface area contributed by atoms with Crippen molar-refractivity contribution in [3.8, 4) is 5.75 Å². The molecule has 2 unspecified atom stereocenters. The summed E-state index contributed by atoms with van der Waals surface area (Å²) in [4.78, 5) is 2.97. The normalized spacial score (nSPS) is 23.5. The monoisotopic (exact) mass is 292 g/mol. The minimum atomic E-state index is 0.424. The molecule has 2 atom stereocenters. The van der Waals surface area contributed by atoms with Crippen LogP contribution in [0.5, 0.6) is 5.75 Å². The van der Waals surface area contributed by atoms with Gasteiger partial charge in [0.1, 0.15) is 17.3 Å². The lowest BCUT2D eigenvalue weighted by Crippen LogP contribution is -2.45. The Balaban J connectivity index is 1.81. The highest BCUT2D eigenvalue weighted by Crippen LogP contribution is 2.22. The summed E-state index contributed by atoms with van der Waals surface area (Å²) in [6.07, 6.45) is 3.94. The first-order chi connectivity index (χ1) is 9.58. The van der Waals surface area contributed by atoms with E-state index in [0.717, 1.165) is 24.5 Å². The van der Waals surface area contributed by atoms with Crippen LogP contribution in [-0.2, 0) is 0 Å². The third-order valence-electron chi connectivity index (χ3n) is 4.13. The first-order valence-corrected chi connectivity index (χ1v) is 7.77. The Labute approximate surface area is 127 Å². The van der Waals surface area contributed by atoms with Gasteiger partial charge in [-0.15, -0.1) is 0 Å². The number of ether oxygens (including phenoxy) is 1. The number of likely N-dealkylation sites (tertiary alicyclic amines) is 1. The van der Waals surface area contributed by atoms with Crippen molar-refractivity contribution < 1.29 is 4.74 Å². The molecule has 3 nitrogen and oxygen atoms in total. The van der Waals surface area contributed by atoms with E-state index in [1.807, 2.05) is 24.3 Å². The molecule has 2 rings (SSSR count). The summed E-state index contributed by atoms with van der Waals surface area (Å²) in [5, 5.41) is 0. The van der Waals surface area contributed by atoms with Gasteiger partial charge in [-0.3, -0.25) is 4.90 Å². The predicted octanol–water partition coefficient (Wildman–Crippen LogP) is 2.96. The van der Waals surface area contributed by atoms with Crippen LogP contribution in [0.15, 0.2) is 24.3 Å². The van der Waals surface area contributed by atoms with Crippen LogP contribution in [-0.4, -0.2) is 35.1 Å². The summed E-state index contributed by atoms with van der Waals surface area (Å²) in [5.74, 6) is 0.877. The van der Waals surface area contributed by atoms with Crippen LogP contribution >= 0.6 is 12.2 Å². The lowest BCUT2D eigenvalue weighted by molar-refractivity contribution is 0.0851. The lowest BCUT2D eigenvalue weighted by atomic mass is 9.98. The highest BCUT2D eigenvalue weighted by Gasteiger charge is 2.23. The van der Waals surface area contributed by atoms with Gasteiger partial charge in [-0.25, -0.2) is 0 Å². The molecule has 1 heterocycles. The first kappa shape index (κ1) is 15.3. The average Bonchev–Trinajstić information content (AvgIpc) is 2.42. The molecule has 110 valence electrons. The number of hydrogen-bond donors (Lipinski definition) is 1. The second-order valence-electron chi connectivity index (χ2n) is 5.60. The largest absolute Gasteiger partial charge is 0.492 e. The maximum atomic E-state index is 5.81. The van der Waals surface area contributed by atoms with Crippen molar-refractivity contribution in [3.05, 3.63) is 29.8 Å². The van der Waals surface area contributed by atoms with Gasteiger partial charge < -0.3 is 10.5 Å². The second kappa shape index (κ2) is 7.04. The van der Waals surface area contributed by atoms with Crippen LogP contribution in [0.25, 0.3) is 0 Å². The summed E-state index contributed by atoms with van der Waals surface area (Å²) in [6.45, 7) is 6.33. The molecule has 0 saturated carbocycles. The Morgan fingerprint density at radius 2 is 1.85 bits per heavy atom. The van der Waals surface area contributed by atoms with Crippen LogP contribution < -0.4 is 10.5 Å². The van der Waals surface area contributed by atoms with Gasteiger partial charge in [0, 0.05) is 24.2 Å². The number of benzene rings is 1. The van der Waals surface area contributed by atoms with Crippen molar-refractivity contribution in [3.63, 3.8) is 0 Å². The number of nitrogens with zero attached hydrogens (tertiary/aromatic N) is 1. The van der Waals surface area contributed by atoms with E-state index in [1.165, 1.54) is 19.3 Å². The zero-order valence-corrected chi connectivity index (χ0v) is 13.2. The smallest absolute Gasteiger partial charge is 0.119 e. The molecule has 0 bridgehead atoms.